The topological polar surface area (TPSA) is 99.6 Å². The number of hydrogen-bond donors (Lipinski definition) is 1. The summed E-state index contributed by atoms with van der Waals surface area (Å²) < 4.78 is 10.4. The summed E-state index contributed by atoms with van der Waals surface area (Å²) in [6.07, 6.45) is 7.07. The number of aliphatic hydroxyl groups excluding tert-OH is 1. The maximum atomic E-state index is 14.3. The lowest BCUT2D eigenvalue weighted by Crippen LogP contribution is -2.56. The summed E-state index contributed by atoms with van der Waals surface area (Å²) in [4.78, 5) is 47.5. The second kappa shape index (κ2) is 14.0. The van der Waals surface area contributed by atoms with Crippen LogP contribution in [0.15, 0.2) is 25.3 Å². The number of rotatable bonds is 15. The Bertz CT molecular complexity index is 918. The number of likely N-dealkylation sites (tertiary alicyclic amines) is 1. The van der Waals surface area contributed by atoms with E-state index in [0.29, 0.717) is 52.3 Å². The minimum absolute atomic E-state index is 0.000776. The van der Waals surface area contributed by atoms with Crippen molar-refractivity contribution in [2.75, 3.05) is 65.7 Å². The molecule has 4 aliphatic rings. The summed E-state index contributed by atoms with van der Waals surface area (Å²) in [6.45, 7) is 12.7. The van der Waals surface area contributed by atoms with Crippen LogP contribution in [-0.4, -0.2) is 124 Å². The highest BCUT2D eigenvalue weighted by atomic mass is 79.9. The van der Waals surface area contributed by atoms with Gasteiger partial charge in [0.1, 0.15) is 6.04 Å². The quantitative estimate of drug-likeness (QED) is 0.128. The van der Waals surface area contributed by atoms with Gasteiger partial charge in [-0.15, -0.1) is 24.9 Å². The number of alkyl halides is 1. The van der Waals surface area contributed by atoms with Gasteiger partial charge >= 0.3 is 5.97 Å². The van der Waals surface area contributed by atoms with E-state index < -0.39 is 22.6 Å². The summed E-state index contributed by atoms with van der Waals surface area (Å²) in [5.74, 6) is -1.84. The number of halogens is 1. The fourth-order valence-corrected chi connectivity index (χ4v) is 10.1. The molecule has 39 heavy (non-hydrogen) atoms. The van der Waals surface area contributed by atoms with Gasteiger partial charge in [0.2, 0.25) is 11.8 Å². The summed E-state index contributed by atoms with van der Waals surface area (Å²) >= 11 is 5.40. The molecule has 0 aromatic carbocycles. The molecule has 6 atom stereocenters. The van der Waals surface area contributed by atoms with Crippen LogP contribution in [0.3, 0.4) is 0 Å². The second-order valence-electron chi connectivity index (χ2n) is 10.8. The number of aliphatic hydroxyl groups is 1. The van der Waals surface area contributed by atoms with E-state index in [9.17, 15) is 19.5 Å². The Labute approximate surface area is 244 Å². The molecule has 1 N–H and O–H groups in total. The van der Waals surface area contributed by atoms with Gasteiger partial charge in [-0.25, -0.2) is 0 Å². The highest BCUT2D eigenvalue weighted by Gasteiger charge is 2.76. The van der Waals surface area contributed by atoms with Gasteiger partial charge in [-0.3, -0.25) is 19.3 Å². The average molecular weight is 629 g/mol. The van der Waals surface area contributed by atoms with E-state index in [0.717, 1.165) is 32.4 Å². The highest BCUT2D eigenvalue weighted by Crippen LogP contribution is 2.68. The number of nitrogens with zero attached hydrogens (tertiary/aromatic N) is 3. The Morgan fingerprint density at radius 2 is 1.97 bits per heavy atom. The van der Waals surface area contributed by atoms with Gasteiger partial charge in [0.15, 0.2) is 0 Å². The third kappa shape index (κ3) is 6.27. The molecule has 3 unspecified atom stereocenters. The Kier molecular flexibility index (Phi) is 11.0. The molecule has 0 saturated carbocycles. The fraction of sp³-hybridized carbons (Fsp3) is 0.750. The number of fused-ring (bicyclic) bond motifs is 1. The first-order chi connectivity index (χ1) is 18.9. The van der Waals surface area contributed by atoms with E-state index in [1.165, 1.54) is 0 Å². The molecule has 9 nitrogen and oxygen atoms in total. The zero-order chi connectivity index (χ0) is 28.0. The number of carbonyl (C=O) groups is 3. The highest BCUT2D eigenvalue weighted by molar-refractivity contribution is 9.09. The molecule has 0 radical (unpaired) electrons. The number of unbranched alkanes of at least 4 members (excludes halogenated alkanes) is 2. The number of carbonyl (C=O) groups excluding carboxylic acids is 3. The molecule has 1 spiro atoms. The van der Waals surface area contributed by atoms with E-state index in [1.54, 1.807) is 27.6 Å². The Hall–Kier alpha value is -1.40. The maximum absolute atomic E-state index is 14.3. The smallest absolute Gasteiger partial charge is 0.310 e. The molecular formula is C28H42BrN3O6S. The SMILES string of the molecule is C=CCCCCOC(=O)[C@H]1[C@@H]2SC3(CC2Br)C(C(=O)N(CC=C)CCN2CCOCC2)N(CCCO)C(=O)[C@H]13. The number of allylic oxidation sites excluding steroid dienone is 1. The average Bonchev–Trinajstić information content (AvgIpc) is 3.53. The van der Waals surface area contributed by atoms with Gasteiger partial charge < -0.3 is 24.4 Å². The molecule has 4 saturated heterocycles. The third-order valence-electron chi connectivity index (χ3n) is 8.35. The summed E-state index contributed by atoms with van der Waals surface area (Å²) in [5.41, 5.74) is 0. The monoisotopic (exact) mass is 627 g/mol. The van der Waals surface area contributed by atoms with Crippen LogP contribution in [0.4, 0.5) is 0 Å². The first-order valence-electron chi connectivity index (χ1n) is 14.1. The molecule has 0 aliphatic carbocycles. The molecule has 11 heteroatoms. The lowest BCUT2D eigenvalue weighted by atomic mass is 9.71. The number of ether oxygens (including phenoxy) is 2. The Morgan fingerprint density at radius 3 is 2.67 bits per heavy atom. The minimum atomic E-state index is -0.715. The van der Waals surface area contributed by atoms with Crippen molar-refractivity contribution in [3.8, 4) is 0 Å². The summed E-state index contributed by atoms with van der Waals surface area (Å²) in [5, 5.41) is 9.45. The van der Waals surface area contributed by atoms with Crippen LogP contribution >= 0.6 is 27.7 Å². The molecule has 0 aromatic heterocycles. The van der Waals surface area contributed by atoms with Gasteiger partial charge in [0, 0.05) is 56.0 Å². The molecule has 4 fully saturated rings. The molecule has 218 valence electrons. The van der Waals surface area contributed by atoms with Crippen LogP contribution in [0, 0.1) is 11.8 Å². The lowest BCUT2D eigenvalue weighted by Gasteiger charge is -2.38. The zero-order valence-electron chi connectivity index (χ0n) is 22.7. The van der Waals surface area contributed by atoms with E-state index in [4.69, 9.17) is 9.47 Å². The number of hydrogen-bond acceptors (Lipinski definition) is 8. The predicted octanol–water partition coefficient (Wildman–Crippen LogP) is 2.08. The number of thioether (sulfide) groups is 1. The fourth-order valence-electron chi connectivity index (χ4n) is 6.53. The number of amides is 2. The van der Waals surface area contributed by atoms with Gasteiger partial charge in [0.25, 0.3) is 0 Å². The van der Waals surface area contributed by atoms with Gasteiger partial charge in [-0.05, 0) is 32.1 Å². The van der Waals surface area contributed by atoms with Crippen LogP contribution in [0.25, 0.3) is 0 Å². The number of morpholine rings is 1. The van der Waals surface area contributed by atoms with E-state index in [-0.39, 0.29) is 41.0 Å². The summed E-state index contributed by atoms with van der Waals surface area (Å²) in [6, 6.07) is -0.702. The molecule has 4 aliphatic heterocycles. The van der Waals surface area contributed by atoms with Crippen LogP contribution in [0.5, 0.6) is 0 Å². The van der Waals surface area contributed by atoms with Crippen LogP contribution < -0.4 is 0 Å². The minimum Gasteiger partial charge on any atom is -0.465 e. The number of esters is 1. The third-order valence-corrected chi connectivity index (χ3v) is 11.6. The molecule has 2 bridgehead atoms. The van der Waals surface area contributed by atoms with Crippen LogP contribution in [0.2, 0.25) is 0 Å². The van der Waals surface area contributed by atoms with E-state index >= 15 is 0 Å². The van der Waals surface area contributed by atoms with Crippen molar-refractivity contribution in [1.29, 1.82) is 0 Å². The summed E-state index contributed by atoms with van der Waals surface area (Å²) in [7, 11) is 0. The Morgan fingerprint density at radius 1 is 1.21 bits per heavy atom. The molecule has 4 rings (SSSR count). The standard InChI is InChI=1S/C28H42BrN3O6S/c1-3-5-6-7-16-38-27(36)21-22-25(34)32(10-8-15-33)24(28(22)19-20(29)23(21)39-28)26(35)31(9-4-2)12-11-30-13-17-37-18-14-30/h3-4,20-24,33H,1-2,5-19H2/t20?,21-,22+,23-,24?,28?/m1/s1. The van der Waals surface area contributed by atoms with Crippen LogP contribution in [0.1, 0.15) is 32.1 Å². The second-order valence-corrected chi connectivity index (χ2v) is 13.5. The van der Waals surface area contributed by atoms with Gasteiger partial charge in [0.05, 0.1) is 36.4 Å². The van der Waals surface area contributed by atoms with E-state index in [1.807, 2.05) is 6.08 Å². The van der Waals surface area contributed by atoms with Crippen molar-refractivity contribution in [2.24, 2.45) is 11.8 Å². The maximum Gasteiger partial charge on any atom is 0.310 e. The largest absolute Gasteiger partial charge is 0.465 e. The first kappa shape index (κ1) is 30.6. The first-order valence-corrected chi connectivity index (χ1v) is 15.9. The van der Waals surface area contributed by atoms with Crippen molar-refractivity contribution in [3.63, 3.8) is 0 Å². The Balaban J connectivity index is 1.57. The van der Waals surface area contributed by atoms with Crippen molar-refractivity contribution >= 4 is 45.5 Å². The molecule has 4 heterocycles. The molecular weight excluding hydrogens is 586 g/mol. The molecule has 0 aromatic rings. The predicted molar refractivity (Wildman–Crippen MR) is 155 cm³/mol. The lowest BCUT2D eigenvalue weighted by molar-refractivity contribution is -0.154. The van der Waals surface area contributed by atoms with Gasteiger partial charge in [-0.2, -0.15) is 0 Å². The van der Waals surface area contributed by atoms with E-state index in [2.05, 4.69) is 34.0 Å². The van der Waals surface area contributed by atoms with Crippen LogP contribution in [-0.2, 0) is 23.9 Å². The molecule has 2 amide bonds. The van der Waals surface area contributed by atoms with Crippen molar-refractivity contribution in [2.45, 2.75) is 53.0 Å². The van der Waals surface area contributed by atoms with Crippen molar-refractivity contribution in [1.82, 2.24) is 14.7 Å². The normalized spacial score (nSPS) is 31.8. The van der Waals surface area contributed by atoms with Crippen molar-refractivity contribution < 1.29 is 29.0 Å². The zero-order valence-corrected chi connectivity index (χ0v) is 25.1. The van der Waals surface area contributed by atoms with Crippen molar-refractivity contribution in [3.05, 3.63) is 25.3 Å². The van der Waals surface area contributed by atoms with Gasteiger partial charge in [-0.1, -0.05) is 28.1 Å².